The third-order valence-corrected chi connectivity index (χ3v) is 5.42. The van der Waals surface area contributed by atoms with Crippen molar-refractivity contribution in [1.82, 2.24) is 16.0 Å². The predicted molar refractivity (Wildman–Crippen MR) is 134 cm³/mol. The van der Waals surface area contributed by atoms with Gasteiger partial charge in [0.15, 0.2) is 0 Å². The van der Waals surface area contributed by atoms with Crippen molar-refractivity contribution >= 4 is 46.5 Å². The third-order valence-electron chi connectivity index (χ3n) is 4.87. The first-order valence-electron chi connectivity index (χ1n) is 11.2. The number of ether oxygens (including phenoxy) is 1. The Kier molecular flexibility index (Phi) is 10.7. The summed E-state index contributed by atoms with van der Waals surface area (Å²) in [5.74, 6) is 0.0669. The standard InChI is InChI=1S/C24H32Cl2N4O3/c1-5-8-17(9-6-2)29-20-12-15(4)28-23(30-20)22(18-11-10-16(25)13-19(18)26)24(32)27-14-21(31)33-7-3/h10-13,17,28H,5-9,14H2,1-4H3,(H,27,32)(H,29,30)/b23-22-. The minimum absolute atomic E-state index is 0.186. The molecular weight excluding hydrogens is 463 g/mol. The van der Waals surface area contributed by atoms with Gasteiger partial charge in [0.1, 0.15) is 18.2 Å². The van der Waals surface area contributed by atoms with Crippen molar-refractivity contribution in [3.05, 3.63) is 51.4 Å². The van der Waals surface area contributed by atoms with Gasteiger partial charge in [-0.25, -0.2) is 0 Å². The maximum Gasteiger partial charge on any atom is 0.325 e. The second kappa shape index (κ2) is 13.3. The van der Waals surface area contributed by atoms with Gasteiger partial charge >= 0.3 is 5.97 Å². The molecule has 3 N–H and O–H groups in total. The molecule has 0 unspecified atom stereocenters. The van der Waals surface area contributed by atoms with Gasteiger partial charge in [0.05, 0.1) is 23.2 Å². The first kappa shape index (κ1) is 26.7. The van der Waals surface area contributed by atoms with Crippen LogP contribution in [0.1, 0.15) is 58.9 Å². The fourth-order valence-electron chi connectivity index (χ4n) is 3.48. The van der Waals surface area contributed by atoms with Crippen LogP contribution in [0.4, 0.5) is 0 Å². The Balaban J connectivity index is 2.49. The summed E-state index contributed by atoms with van der Waals surface area (Å²) in [7, 11) is 0. The largest absolute Gasteiger partial charge is 0.465 e. The van der Waals surface area contributed by atoms with E-state index in [2.05, 4.69) is 29.8 Å². The number of esters is 1. The summed E-state index contributed by atoms with van der Waals surface area (Å²) >= 11 is 12.5. The molecule has 0 spiro atoms. The molecule has 180 valence electrons. The number of nitrogens with one attached hydrogen (secondary N) is 3. The average Bonchev–Trinajstić information content (AvgIpc) is 2.74. The number of benzene rings is 1. The highest BCUT2D eigenvalue weighted by Gasteiger charge is 2.24. The van der Waals surface area contributed by atoms with E-state index in [1.54, 1.807) is 25.1 Å². The number of hydrogen-bond acceptors (Lipinski definition) is 5. The molecule has 1 aliphatic rings. The predicted octanol–water partition coefficient (Wildman–Crippen LogP) is 4.81. The summed E-state index contributed by atoms with van der Waals surface area (Å²) in [4.78, 5) is 29.9. The van der Waals surface area contributed by atoms with Crippen molar-refractivity contribution in [2.45, 2.75) is 59.4 Å². The third kappa shape index (κ3) is 8.09. The molecule has 33 heavy (non-hydrogen) atoms. The van der Waals surface area contributed by atoms with Crippen LogP contribution in [-0.2, 0) is 14.3 Å². The van der Waals surface area contributed by atoms with Gasteiger partial charge in [-0.3, -0.25) is 14.6 Å². The second-order valence-corrected chi connectivity index (χ2v) is 8.53. The van der Waals surface area contributed by atoms with Gasteiger partial charge in [0.25, 0.3) is 5.91 Å². The molecular formula is C24H32Cl2N4O3. The zero-order chi connectivity index (χ0) is 24.4. The fourth-order valence-corrected chi connectivity index (χ4v) is 3.98. The Morgan fingerprint density at radius 2 is 1.82 bits per heavy atom. The summed E-state index contributed by atoms with van der Waals surface area (Å²) < 4.78 is 4.91. The number of aliphatic imine (C=N–C) groups is 1. The number of carbonyl (C=O) groups is 2. The van der Waals surface area contributed by atoms with Crippen molar-refractivity contribution in [2.24, 2.45) is 4.99 Å². The van der Waals surface area contributed by atoms with E-state index in [1.165, 1.54) is 0 Å². The highest BCUT2D eigenvalue weighted by Crippen LogP contribution is 2.29. The Morgan fingerprint density at radius 1 is 1.12 bits per heavy atom. The van der Waals surface area contributed by atoms with Crippen LogP contribution >= 0.6 is 23.2 Å². The lowest BCUT2D eigenvalue weighted by Crippen LogP contribution is -2.40. The van der Waals surface area contributed by atoms with Gasteiger partial charge in [-0.05, 0) is 44.9 Å². The lowest BCUT2D eigenvalue weighted by Gasteiger charge is -2.25. The van der Waals surface area contributed by atoms with E-state index in [0.29, 0.717) is 27.3 Å². The van der Waals surface area contributed by atoms with Crippen LogP contribution in [0.15, 0.2) is 40.8 Å². The molecule has 0 aliphatic carbocycles. The number of rotatable bonds is 10. The molecule has 2 rings (SSSR count). The fraction of sp³-hybridized carbons (Fsp3) is 0.458. The molecule has 9 heteroatoms. The molecule has 0 bridgehead atoms. The number of allylic oxidation sites excluding steroid dienone is 1. The van der Waals surface area contributed by atoms with E-state index < -0.39 is 11.9 Å². The lowest BCUT2D eigenvalue weighted by atomic mass is 10.0. The van der Waals surface area contributed by atoms with E-state index in [-0.39, 0.29) is 24.8 Å². The van der Waals surface area contributed by atoms with E-state index in [0.717, 1.165) is 31.4 Å². The first-order valence-corrected chi connectivity index (χ1v) is 12.0. The Hall–Kier alpha value is -2.51. The summed E-state index contributed by atoms with van der Waals surface area (Å²) in [5.41, 5.74) is 1.52. The van der Waals surface area contributed by atoms with Crippen molar-refractivity contribution in [1.29, 1.82) is 0 Å². The lowest BCUT2D eigenvalue weighted by molar-refractivity contribution is -0.143. The average molecular weight is 495 g/mol. The molecule has 0 aromatic heterocycles. The van der Waals surface area contributed by atoms with Gasteiger partial charge in [-0.2, -0.15) is 0 Å². The summed E-state index contributed by atoms with van der Waals surface area (Å²) in [6.45, 7) is 7.84. The molecule has 0 atom stereocenters. The van der Waals surface area contributed by atoms with Crippen molar-refractivity contribution in [2.75, 3.05) is 13.2 Å². The number of nitrogens with zero attached hydrogens (tertiary/aromatic N) is 1. The molecule has 1 aromatic rings. The SMILES string of the molecule is CCCC(CCC)N=C1C=C(C)N/C(=C(/C(=O)NCC(=O)OCC)c2ccc(Cl)cc2Cl)N1. The van der Waals surface area contributed by atoms with Crippen LogP contribution in [0.3, 0.4) is 0 Å². The zero-order valence-electron chi connectivity index (χ0n) is 19.6. The molecule has 0 saturated heterocycles. The monoisotopic (exact) mass is 494 g/mol. The van der Waals surface area contributed by atoms with Crippen LogP contribution in [0, 0.1) is 0 Å². The van der Waals surface area contributed by atoms with Gasteiger partial charge in [-0.1, -0.05) is 56.0 Å². The molecule has 1 aromatic carbocycles. The molecule has 1 amide bonds. The molecule has 0 saturated carbocycles. The van der Waals surface area contributed by atoms with Gasteiger partial charge < -0.3 is 20.7 Å². The quantitative estimate of drug-likeness (QED) is 0.320. The van der Waals surface area contributed by atoms with Crippen molar-refractivity contribution in [3.8, 4) is 0 Å². The van der Waals surface area contributed by atoms with E-state index in [1.807, 2.05) is 13.0 Å². The maximum atomic E-state index is 13.2. The van der Waals surface area contributed by atoms with Gasteiger partial charge in [0.2, 0.25) is 0 Å². The van der Waals surface area contributed by atoms with Crippen LogP contribution < -0.4 is 16.0 Å². The highest BCUT2D eigenvalue weighted by molar-refractivity contribution is 6.37. The van der Waals surface area contributed by atoms with Gasteiger partial charge in [0, 0.05) is 16.3 Å². The van der Waals surface area contributed by atoms with Crippen LogP contribution in [-0.4, -0.2) is 36.9 Å². The van der Waals surface area contributed by atoms with Crippen LogP contribution in [0.5, 0.6) is 0 Å². The minimum atomic E-state index is -0.526. The Labute approximate surface area is 205 Å². The number of amidine groups is 1. The topological polar surface area (TPSA) is 91.8 Å². The first-order chi connectivity index (χ1) is 15.8. The Bertz CT molecular complexity index is 951. The highest BCUT2D eigenvalue weighted by atomic mass is 35.5. The van der Waals surface area contributed by atoms with Crippen molar-refractivity contribution < 1.29 is 14.3 Å². The summed E-state index contributed by atoms with van der Waals surface area (Å²) in [6, 6.07) is 5.07. The number of amides is 1. The molecule has 0 fully saturated rings. The number of hydrogen-bond donors (Lipinski definition) is 3. The van der Waals surface area contributed by atoms with E-state index in [9.17, 15) is 9.59 Å². The molecule has 0 radical (unpaired) electrons. The van der Waals surface area contributed by atoms with Crippen molar-refractivity contribution in [3.63, 3.8) is 0 Å². The number of halogens is 2. The minimum Gasteiger partial charge on any atom is -0.465 e. The summed E-state index contributed by atoms with van der Waals surface area (Å²) in [5, 5.41) is 9.81. The van der Waals surface area contributed by atoms with E-state index >= 15 is 0 Å². The Morgan fingerprint density at radius 3 is 2.42 bits per heavy atom. The van der Waals surface area contributed by atoms with Gasteiger partial charge in [-0.15, -0.1) is 0 Å². The smallest absolute Gasteiger partial charge is 0.325 e. The zero-order valence-corrected chi connectivity index (χ0v) is 21.1. The molecule has 7 nitrogen and oxygen atoms in total. The molecule has 1 aliphatic heterocycles. The molecule has 1 heterocycles. The summed E-state index contributed by atoms with van der Waals surface area (Å²) in [6.07, 6.45) is 5.93. The maximum absolute atomic E-state index is 13.2. The van der Waals surface area contributed by atoms with Crippen LogP contribution in [0.2, 0.25) is 10.0 Å². The number of carbonyl (C=O) groups excluding carboxylic acids is 2. The van der Waals surface area contributed by atoms with Crippen LogP contribution in [0.25, 0.3) is 5.57 Å². The second-order valence-electron chi connectivity index (χ2n) is 7.68. The van der Waals surface area contributed by atoms with E-state index in [4.69, 9.17) is 32.9 Å². The normalized spacial score (nSPS) is 16.1.